The van der Waals surface area contributed by atoms with Crippen molar-refractivity contribution in [3.05, 3.63) is 89.7 Å². The van der Waals surface area contributed by atoms with Crippen LogP contribution in [0.2, 0.25) is 0 Å². The fourth-order valence-electron chi connectivity index (χ4n) is 3.75. The van der Waals surface area contributed by atoms with E-state index in [1.807, 2.05) is 30.3 Å². The summed E-state index contributed by atoms with van der Waals surface area (Å²) in [5.74, 6) is 0.126. The lowest BCUT2D eigenvalue weighted by Gasteiger charge is -2.31. The number of benzene rings is 3. The van der Waals surface area contributed by atoms with Crippen LogP contribution < -0.4 is 19.5 Å². The van der Waals surface area contributed by atoms with Crippen LogP contribution >= 0.6 is 0 Å². The van der Waals surface area contributed by atoms with Gasteiger partial charge in [-0.25, -0.2) is 4.39 Å². The predicted octanol–water partition coefficient (Wildman–Crippen LogP) is 4.00. The van der Waals surface area contributed by atoms with Gasteiger partial charge < -0.3 is 24.4 Å². The monoisotopic (exact) mass is 494 g/mol. The Morgan fingerprint density at radius 2 is 1.53 bits per heavy atom. The van der Waals surface area contributed by atoms with Gasteiger partial charge in [-0.05, 0) is 18.6 Å². The van der Waals surface area contributed by atoms with Crippen molar-refractivity contribution in [2.24, 2.45) is 0 Å². The number of amides is 2. The maximum atomic E-state index is 14.6. The lowest BCUT2D eigenvalue weighted by atomic mass is 10.0. The molecule has 0 bridgehead atoms. The summed E-state index contributed by atoms with van der Waals surface area (Å²) < 4.78 is 30.9. The molecule has 36 heavy (non-hydrogen) atoms. The zero-order chi connectivity index (χ0) is 25.9. The molecule has 0 aromatic heterocycles. The van der Waals surface area contributed by atoms with Crippen LogP contribution in [0.15, 0.2) is 72.8 Å². The van der Waals surface area contributed by atoms with Gasteiger partial charge in [0.2, 0.25) is 5.91 Å². The van der Waals surface area contributed by atoms with E-state index in [0.717, 1.165) is 5.56 Å². The number of hydrogen-bond donors (Lipinski definition) is 1. The van der Waals surface area contributed by atoms with Gasteiger partial charge in [0.1, 0.15) is 29.1 Å². The number of carbonyl (C=O) groups is 2. The van der Waals surface area contributed by atoms with E-state index in [-0.39, 0.29) is 25.5 Å². The molecule has 1 atom stereocenters. The number of nitrogens with zero attached hydrogens (tertiary/aromatic N) is 1. The number of likely N-dealkylation sites (N-methyl/N-ethyl adjacent to an activating group) is 1. The Morgan fingerprint density at radius 3 is 2.14 bits per heavy atom. The Bertz CT molecular complexity index is 1130. The minimum Gasteiger partial charge on any atom is -0.496 e. The highest BCUT2D eigenvalue weighted by Gasteiger charge is 2.31. The third-order valence-corrected chi connectivity index (χ3v) is 5.61. The maximum Gasteiger partial charge on any atom is 0.261 e. The van der Waals surface area contributed by atoms with Gasteiger partial charge >= 0.3 is 0 Å². The smallest absolute Gasteiger partial charge is 0.261 e. The van der Waals surface area contributed by atoms with Crippen LogP contribution in [0.3, 0.4) is 0 Å². The molecule has 8 heteroatoms. The normalized spacial score (nSPS) is 11.3. The average molecular weight is 495 g/mol. The van der Waals surface area contributed by atoms with Crippen molar-refractivity contribution < 1.29 is 28.2 Å². The van der Waals surface area contributed by atoms with Crippen LogP contribution in [-0.2, 0) is 22.6 Å². The molecule has 0 fully saturated rings. The Morgan fingerprint density at radius 1 is 0.917 bits per heavy atom. The minimum atomic E-state index is -0.872. The van der Waals surface area contributed by atoms with Gasteiger partial charge in [0.15, 0.2) is 6.61 Å². The summed E-state index contributed by atoms with van der Waals surface area (Å²) in [4.78, 5) is 28.0. The minimum absolute atomic E-state index is 0.0923. The highest BCUT2D eigenvalue weighted by atomic mass is 19.1. The largest absolute Gasteiger partial charge is 0.496 e. The van der Waals surface area contributed by atoms with Crippen molar-refractivity contribution in [1.29, 1.82) is 0 Å². The third-order valence-electron chi connectivity index (χ3n) is 5.61. The van der Waals surface area contributed by atoms with E-state index in [0.29, 0.717) is 29.4 Å². The summed E-state index contributed by atoms with van der Waals surface area (Å²) in [6.45, 7) is 1.74. The molecule has 7 nitrogen and oxygen atoms in total. The first-order chi connectivity index (χ1) is 17.4. The molecule has 3 aromatic carbocycles. The van der Waals surface area contributed by atoms with Crippen molar-refractivity contribution in [2.45, 2.75) is 25.9 Å². The third kappa shape index (κ3) is 7.21. The second-order valence-corrected chi connectivity index (χ2v) is 8.05. The van der Waals surface area contributed by atoms with Crippen LogP contribution in [0.25, 0.3) is 0 Å². The fourth-order valence-corrected chi connectivity index (χ4v) is 3.75. The summed E-state index contributed by atoms with van der Waals surface area (Å²) in [6, 6.07) is 19.7. The number of ether oxygens (including phenoxy) is 3. The van der Waals surface area contributed by atoms with Crippen LogP contribution in [0.5, 0.6) is 17.2 Å². The van der Waals surface area contributed by atoms with Gasteiger partial charge in [0, 0.05) is 43.3 Å². The summed E-state index contributed by atoms with van der Waals surface area (Å²) in [5, 5.41) is 2.81. The first-order valence-corrected chi connectivity index (χ1v) is 11.7. The molecule has 0 radical (unpaired) electrons. The second-order valence-electron chi connectivity index (χ2n) is 8.05. The van der Waals surface area contributed by atoms with Crippen molar-refractivity contribution in [3.63, 3.8) is 0 Å². The van der Waals surface area contributed by atoms with Crippen LogP contribution in [0.1, 0.15) is 18.1 Å². The average Bonchev–Trinajstić information content (AvgIpc) is 2.90. The number of carbonyl (C=O) groups excluding carboxylic acids is 2. The van der Waals surface area contributed by atoms with Crippen LogP contribution in [0.4, 0.5) is 4.39 Å². The number of nitrogens with one attached hydrogen (secondary N) is 1. The molecule has 0 saturated heterocycles. The molecule has 0 saturated carbocycles. The fraction of sp³-hybridized carbons (Fsp3) is 0.286. The van der Waals surface area contributed by atoms with Gasteiger partial charge in [0.05, 0.1) is 14.2 Å². The van der Waals surface area contributed by atoms with Gasteiger partial charge in [-0.3, -0.25) is 9.59 Å². The lowest BCUT2D eigenvalue weighted by Crippen LogP contribution is -2.51. The molecule has 0 aliphatic rings. The number of halogens is 1. The molecular formula is C28H31FN2O5. The van der Waals surface area contributed by atoms with Gasteiger partial charge in [-0.1, -0.05) is 48.5 Å². The van der Waals surface area contributed by atoms with E-state index in [2.05, 4.69) is 5.32 Å². The van der Waals surface area contributed by atoms with E-state index >= 15 is 0 Å². The summed E-state index contributed by atoms with van der Waals surface area (Å²) in [7, 11) is 3.03. The summed E-state index contributed by atoms with van der Waals surface area (Å²) >= 11 is 0. The van der Waals surface area contributed by atoms with Crippen molar-refractivity contribution in [2.75, 3.05) is 27.4 Å². The number of methoxy groups -OCH3 is 2. The summed E-state index contributed by atoms with van der Waals surface area (Å²) in [6.07, 6.45) is 0.264. The van der Waals surface area contributed by atoms with Crippen LogP contribution in [-0.4, -0.2) is 50.1 Å². The first kappa shape index (κ1) is 26.5. The predicted molar refractivity (Wildman–Crippen MR) is 135 cm³/mol. The lowest BCUT2D eigenvalue weighted by molar-refractivity contribution is -0.142. The van der Waals surface area contributed by atoms with E-state index < -0.39 is 17.8 Å². The zero-order valence-corrected chi connectivity index (χ0v) is 20.7. The number of rotatable bonds is 12. The Hall–Kier alpha value is -4.07. The molecule has 0 spiro atoms. The topological polar surface area (TPSA) is 77.1 Å². The van der Waals surface area contributed by atoms with E-state index in [4.69, 9.17) is 14.2 Å². The Labute approximate surface area is 210 Å². The second kappa shape index (κ2) is 13.1. The first-order valence-electron chi connectivity index (χ1n) is 11.7. The molecule has 0 aliphatic carbocycles. The molecule has 1 N–H and O–H groups in total. The van der Waals surface area contributed by atoms with E-state index in [9.17, 15) is 14.0 Å². The van der Waals surface area contributed by atoms with Crippen molar-refractivity contribution in [3.8, 4) is 17.2 Å². The zero-order valence-electron chi connectivity index (χ0n) is 20.7. The van der Waals surface area contributed by atoms with Crippen molar-refractivity contribution >= 4 is 11.8 Å². The molecule has 190 valence electrons. The Kier molecular flexibility index (Phi) is 9.68. The molecule has 0 heterocycles. The van der Waals surface area contributed by atoms with E-state index in [1.165, 1.54) is 25.2 Å². The molecule has 3 aromatic rings. The molecule has 2 amide bonds. The Balaban J connectivity index is 1.91. The van der Waals surface area contributed by atoms with Crippen LogP contribution in [0, 0.1) is 5.82 Å². The molecular weight excluding hydrogens is 463 g/mol. The van der Waals surface area contributed by atoms with Gasteiger partial charge in [-0.15, -0.1) is 0 Å². The molecule has 3 rings (SSSR count). The highest BCUT2D eigenvalue weighted by Crippen LogP contribution is 2.27. The quantitative estimate of drug-likeness (QED) is 0.412. The highest BCUT2D eigenvalue weighted by molar-refractivity contribution is 5.88. The SMILES string of the molecule is CCNC(=O)C(Cc1ccccc1)N(Cc1ccccc1F)C(=O)COc1cc(OC)cc(OC)c1. The van der Waals surface area contributed by atoms with Gasteiger partial charge in [-0.2, -0.15) is 0 Å². The van der Waals surface area contributed by atoms with Crippen molar-refractivity contribution in [1.82, 2.24) is 10.2 Å². The van der Waals surface area contributed by atoms with Gasteiger partial charge in [0.25, 0.3) is 5.91 Å². The maximum absolute atomic E-state index is 14.6. The molecule has 1 unspecified atom stereocenters. The number of hydrogen-bond acceptors (Lipinski definition) is 5. The summed E-state index contributed by atoms with van der Waals surface area (Å²) in [5.41, 5.74) is 1.18. The molecule has 0 aliphatic heterocycles. The standard InChI is InChI=1S/C28H31FN2O5/c1-4-30-28(33)26(14-20-10-6-5-7-11-20)31(18-21-12-8-9-13-25(21)29)27(32)19-36-24-16-22(34-2)15-23(17-24)35-3/h5-13,15-17,26H,4,14,18-19H2,1-3H3,(H,30,33). The van der Waals surface area contributed by atoms with E-state index in [1.54, 1.807) is 43.3 Å².